The highest BCUT2D eigenvalue weighted by Crippen LogP contribution is 2.22. The molecule has 3 aromatic carbocycles. The maximum absolute atomic E-state index is 12.8. The summed E-state index contributed by atoms with van der Waals surface area (Å²) in [5, 5.41) is 3.17. The fourth-order valence-electron chi connectivity index (χ4n) is 4.62. The van der Waals surface area contributed by atoms with Gasteiger partial charge < -0.3 is 10.2 Å². The zero-order chi connectivity index (χ0) is 23.3. The van der Waals surface area contributed by atoms with E-state index in [1.165, 1.54) is 0 Å². The van der Waals surface area contributed by atoms with Crippen molar-refractivity contribution in [1.82, 2.24) is 19.8 Å². The Labute approximate surface area is 199 Å². The summed E-state index contributed by atoms with van der Waals surface area (Å²) in [4.78, 5) is 32.1. The van der Waals surface area contributed by atoms with Crippen molar-refractivity contribution in [2.75, 3.05) is 13.1 Å². The van der Waals surface area contributed by atoms with Crippen molar-refractivity contribution in [3.05, 3.63) is 96.3 Å². The molecule has 5 rings (SSSR count). The maximum atomic E-state index is 12.8. The number of imidazole rings is 1. The lowest BCUT2D eigenvalue weighted by molar-refractivity contribution is -0.122. The topological polar surface area (TPSA) is 67.2 Å². The number of benzene rings is 3. The smallest absolute Gasteiger partial charge is 0.253 e. The zero-order valence-electron chi connectivity index (χ0n) is 19.1. The van der Waals surface area contributed by atoms with E-state index in [-0.39, 0.29) is 17.9 Å². The molecule has 6 heteroatoms. The molecule has 4 aromatic rings. The van der Waals surface area contributed by atoms with E-state index in [9.17, 15) is 9.59 Å². The Morgan fingerprint density at radius 2 is 1.50 bits per heavy atom. The molecular formula is C28H28N4O2. The Hall–Kier alpha value is -3.93. The Morgan fingerprint density at radius 3 is 2.24 bits per heavy atom. The maximum Gasteiger partial charge on any atom is 0.253 e. The van der Waals surface area contributed by atoms with Crippen LogP contribution in [0.1, 0.15) is 35.4 Å². The van der Waals surface area contributed by atoms with Gasteiger partial charge in [0, 0.05) is 43.2 Å². The third kappa shape index (κ3) is 4.71. The van der Waals surface area contributed by atoms with E-state index in [2.05, 4.69) is 28.1 Å². The molecule has 1 N–H and O–H groups in total. The number of nitrogens with zero attached hydrogens (tertiary/aromatic N) is 3. The fraction of sp³-hybridized carbons (Fsp3) is 0.250. The number of amides is 2. The van der Waals surface area contributed by atoms with Crippen molar-refractivity contribution in [3.8, 4) is 5.69 Å². The Bertz CT molecular complexity index is 1280. The molecule has 1 fully saturated rings. The molecule has 34 heavy (non-hydrogen) atoms. The van der Waals surface area contributed by atoms with Crippen LogP contribution < -0.4 is 5.32 Å². The van der Waals surface area contributed by atoms with E-state index < -0.39 is 0 Å². The van der Waals surface area contributed by atoms with E-state index in [1.807, 2.05) is 71.6 Å². The molecule has 1 aliphatic heterocycles. The molecule has 172 valence electrons. The number of hydrogen-bond acceptors (Lipinski definition) is 3. The highest BCUT2D eigenvalue weighted by molar-refractivity contribution is 5.94. The SMILES string of the molecule is O=C(CCc1nc2ccccc2n1-c1ccccc1)NC1CCN(C(=O)c2ccccc2)CC1. The molecule has 0 bridgehead atoms. The molecule has 0 radical (unpaired) electrons. The molecule has 0 unspecified atom stereocenters. The number of rotatable bonds is 6. The van der Waals surface area contributed by atoms with Gasteiger partial charge in [0.05, 0.1) is 11.0 Å². The monoisotopic (exact) mass is 452 g/mol. The van der Waals surface area contributed by atoms with Gasteiger partial charge in [0.2, 0.25) is 5.91 Å². The molecule has 2 amide bonds. The average molecular weight is 453 g/mol. The van der Waals surface area contributed by atoms with E-state index >= 15 is 0 Å². The molecule has 1 aliphatic rings. The third-order valence-electron chi connectivity index (χ3n) is 6.39. The van der Waals surface area contributed by atoms with Crippen molar-refractivity contribution >= 4 is 22.8 Å². The van der Waals surface area contributed by atoms with Gasteiger partial charge in [-0.05, 0) is 49.2 Å². The van der Waals surface area contributed by atoms with E-state index in [0.717, 1.165) is 35.4 Å². The number of carbonyl (C=O) groups excluding carboxylic acids is 2. The van der Waals surface area contributed by atoms with E-state index in [4.69, 9.17) is 4.98 Å². The number of hydrogen-bond donors (Lipinski definition) is 1. The summed E-state index contributed by atoms with van der Waals surface area (Å²) in [5.41, 5.74) is 3.73. The van der Waals surface area contributed by atoms with Crippen LogP contribution in [0.4, 0.5) is 0 Å². The summed E-state index contributed by atoms with van der Waals surface area (Å²) in [6, 6.07) is 27.6. The number of aromatic nitrogens is 2. The Morgan fingerprint density at radius 1 is 0.853 bits per heavy atom. The molecule has 1 saturated heterocycles. The second-order valence-corrected chi connectivity index (χ2v) is 8.69. The molecule has 2 heterocycles. The van der Waals surface area contributed by atoms with Gasteiger partial charge in [-0.2, -0.15) is 0 Å². The quantitative estimate of drug-likeness (QED) is 0.472. The van der Waals surface area contributed by atoms with Gasteiger partial charge in [0.25, 0.3) is 5.91 Å². The van der Waals surface area contributed by atoms with Crippen molar-refractivity contribution in [3.63, 3.8) is 0 Å². The lowest BCUT2D eigenvalue weighted by Crippen LogP contribution is -2.46. The summed E-state index contributed by atoms with van der Waals surface area (Å²) in [5.74, 6) is 0.968. The van der Waals surface area contributed by atoms with Crippen LogP contribution in [0.3, 0.4) is 0 Å². The lowest BCUT2D eigenvalue weighted by atomic mass is 10.0. The summed E-state index contributed by atoms with van der Waals surface area (Å²) in [6.45, 7) is 1.31. The first-order valence-electron chi connectivity index (χ1n) is 11.8. The number of carbonyl (C=O) groups is 2. The number of para-hydroxylation sites is 3. The van der Waals surface area contributed by atoms with Crippen molar-refractivity contribution in [2.24, 2.45) is 0 Å². The van der Waals surface area contributed by atoms with Crippen LogP contribution in [0.25, 0.3) is 16.7 Å². The minimum atomic E-state index is 0.0273. The highest BCUT2D eigenvalue weighted by Gasteiger charge is 2.24. The first kappa shape index (κ1) is 21.9. The number of fused-ring (bicyclic) bond motifs is 1. The lowest BCUT2D eigenvalue weighted by Gasteiger charge is -2.32. The highest BCUT2D eigenvalue weighted by atomic mass is 16.2. The van der Waals surface area contributed by atoms with Gasteiger partial charge >= 0.3 is 0 Å². The van der Waals surface area contributed by atoms with Gasteiger partial charge in [-0.15, -0.1) is 0 Å². The second kappa shape index (κ2) is 9.91. The predicted molar refractivity (Wildman–Crippen MR) is 133 cm³/mol. The second-order valence-electron chi connectivity index (χ2n) is 8.69. The van der Waals surface area contributed by atoms with Crippen LogP contribution in [0.15, 0.2) is 84.9 Å². The van der Waals surface area contributed by atoms with Crippen molar-refractivity contribution in [1.29, 1.82) is 0 Å². The van der Waals surface area contributed by atoms with Crippen LogP contribution in [0.5, 0.6) is 0 Å². The molecule has 6 nitrogen and oxygen atoms in total. The molecule has 0 aliphatic carbocycles. The van der Waals surface area contributed by atoms with Crippen LogP contribution in [0, 0.1) is 0 Å². The number of piperidine rings is 1. The molecule has 1 aromatic heterocycles. The van der Waals surface area contributed by atoms with Crippen LogP contribution >= 0.6 is 0 Å². The van der Waals surface area contributed by atoms with Crippen molar-refractivity contribution in [2.45, 2.75) is 31.7 Å². The van der Waals surface area contributed by atoms with Gasteiger partial charge in [0.1, 0.15) is 5.82 Å². The number of likely N-dealkylation sites (tertiary alicyclic amines) is 1. The largest absolute Gasteiger partial charge is 0.353 e. The molecule has 0 spiro atoms. The summed E-state index contributed by atoms with van der Waals surface area (Å²) >= 11 is 0. The third-order valence-corrected chi connectivity index (χ3v) is 6.39. The summed E-state index contributed by atoms with van der Waals surface area (Å²) in [6.07, 6.45) is 2.47. The molecular weight excluding hydrogens is 424 g/mol. The van der Waals surface area contributed by atoms with Crippen LogP contribution in [0.2, 0.25) is 0 Å². The number of aryl methyl sites for hydroxylation is 1. The molecule has 0 saturated carbocycles. The average Bonchev–Trinajstić information content (AvgIpc) is 3.27. The van der Waals surface area contributed by atoms with Gasteiger partial charge in [0.15, 0.2) is 0 Å². The van der Waals surface area contributed by atoms with Gasteiger partial charge in [-0.3, -0.25) is 14.2 Å². The standard InChI is InChI=1S/C28H28N4O2/c33-27(29-22-17-19-31(20-18-22)28(34)21-9-3-1-4-10-21)16-15-26-30-24-13-7-8-14-25(24)32(26)23-11-5-2-6-12-23/h1-14,22H,15-20H2,(H,29,33). The van der Waals surface area contributed by atoms with E-state index in [0.29, 0.717) is 31.5 Å². The normalized spacial score (nSPS) is 14.3. The zero-order valence-corrected chi connectivity index (χ0v) is 19.1. The Kier molecular flexibility index (Phi) is 6.38. The van der Waals surface area contributed by atoms with Gasteiger partial charge in [-0.1, -0.05) is 48.5 Å². The predicted octanol–water partition coefficient (Wildman–Crippen LogP) is 4.38. The first-order valence-corrected chi connectivity index (χ1v) is 11.8. The number of nitrogens with one attached hydrogen (secondary N) is 1. The first-order chi connectivity index (χ1) is 16.7. The minimum absolute atomic E-state index is 0.0273. The molecule has 0 atom stereocenters. The van der Waals surface area contributed by atoms with Crippen LogP contribution in [-0.2, 0) is 11.2 Å². The van der Waals surface area contributed by atoms with Crippen molar-refractivity contribution < 1.29 is 9.59 Å². The van der Waals surface area contributed by atoms with Crippen LogP contribution in [-0.4, -0.2) is 45.4 Å². The van der Waals surface area contributed by atoms with Gasteiger partial charge in [-0.25, -0.2) is 4.98 Å². The fourth-order valence-corrected chi connectivity index (χ4v) is 4.62. The Balaban J connectivity index is 1.19. The summed E-state index contributed by atoms with van der Waals surface area (Å²) in [7, 11) is 0. The van der Waals surface area contributed by atoms with E-state index in [1.54, 1.807) is 0 Å². The summed E-state index contributed by atoms with van der Waals surface area (Å²) < 4.78 is 2.14. The minimum Gasteiger partial charge on any atom is -0.353 e.